The summed E-state index contributed by atoms with van der Waals surface area (Å²) in [6.07, 6.45) is 5.59. The highest BCUT2D eigenvalue weighted by molar-refractivity contribution is 6.91. The largest absolute Gasteiger partial charge is 0.497 e. The number of aliphatic hydroxyl groups is 1. The molecule has 4 aromatic rings. The van der Waals surface area contributed by atoms with Crippen molar-refractivity contribution >= 4 is 24.9 Å². The predicted molar refractivity (Wildman–Crippen MR) is 183 cm³/mol. The summed E-state index contributed by atoms with van der Waals surface area (Å²) >= 11 is 0. The first kappa shape index (κ1) is 32.2. The number of nitrogens with zero attached hydrogens (tertiary/aromatic N) is 4. The van der Waals surface area contributed by atoms with Crippen LogP contribution in [-0.2, 0) is 22.5 Å². The van der Waals surface area contributed by atoms with Crippen LogP contribution in [-0.4, -0.2) is 66.6 Å². The minimum atomic E-state index is -1.98. The number of aryl methyl sites for hydroxylation is 2. The van der Waals surface area contributed by atoms with Gasteiger partial charge in [0, 0.05) is 31.4 Å². The van der Waals surface area contributed by atoms with Crippen molar-refractivity contribution in [2.75, 3.05) is 25.2 Å². The van der Waals surface area contributed by atoms with Gasteiger partial charge in [-0.25, -0.2) is 0 Å². The van der Waals surface area contributed by atoms with E-state index in [1.807, 2.05) is 46.1 Å². The van der Waals surface area contributed by atoms with Gasteiger partial charge in [-0.2, -0.15) is 0 Å². The molecule has 1 aromatic heterocycles. The monoisotopic (exact) mass is 638 g/mol. The van der Waals surface area contributed by atoms with Crippen LogP contribution in [0.25, 0.3) is 0 Å². The smallest absolute Gasteiger partial charge is 0.228 e. The van der Waals surface area contributed by atoms with Crippen molar-refractivity contribution in [2.45, 2.75) is 75.9 Å². The van der Waals surface area contributed by atoms with Crippen LogP contribution in [0.15, 0.2) is 85.1 Å². The molecule has 2 saturated heterocycles. The summed E-state index contributed by atoms with van der Waals surface area (Å²) in [6, 6.07) is 27.1. The maximum atomic E-state index is 11.9. The van der Waals surface area contributed by atoms with Crippen molar-refractivity contribution < 1.29 is 19.4 Å². The van der Waals surface area contributed by atoms with Gasteiger partial charge in [0.2, 0.25) is 5.91 Å². The predicted octanol–water partition coefficient (Wildman–Crippen LogP) is 5.56. The van der Waals surface area contributed by atoms with E-state index < -0.39 is 8.07 Å². The number of carbonyl (C=O) groups is 1. The first-order valence-corrected chi connectivity index (χ1v) is 19.6. The highest BCUT2D eigenvalue weighted by Crippen LogP contribution is 2.46. The summed E-state index contributed by atoms with van der Waals surface area (Å²) in [5.41, 5.74) is 4.49. The molecule has 0 radical (unpaired) electrons. The van der Waals surface area contributed by atoms with Crippen LogP contribution in [0, 0.1) is 5.92 Å². The van der Waals surface area contributed by atoms with Crippen molar-refractivity contribution in [3.8, 4) is 5.75 Å². The van der Waals surface area contributed by atoms with Crippen molar-refractivity contribution in [3.05, 3.63) is 102 Å². The summed E-state index contributed by atoms with van der Waals surface area (Å²) < 4.78 is 14.4. The zero-order chi connectivity index (χ0) is 32.3. The van der Waals surface area contributed by atoms with Crippen molar-refractivity contribution in [1.29, 1.82) is 0 Å². The minimum absolute atomic E-state index is 0.0174. The van der Waals surface area contributed by atoms with E-state index in [0.717, 1.165) is 48.5 Å². The molecule has 2 aliphatic heterocycles. The average molecular weight is 639 g/mol. The Labute approximate surface area is 273 Å². The third-order valence-corrected chi connectivity index (χ3v) is 14.7. The Bertz CT molecular complexity index is 1590. The van der Waals surface area contributed by atoms with Gasteiger partial charge in [0.05, 0.1) is 45.6 Å². The molecule has 0 bridgehead atoms. The molecule has 242 valence electrons. The molecule has 1 amide bonds. The van der Waals surface area contributed by atoms with Gasteiger partial charge in [-0.05, 0) is 66.1 Å². The summed E-state index contributed by atoms with van der Waals surface area (Å²) in [4.78, 5) is 13.7. The Morgan fingerprint density at radius 3 is 2.37 bits per heavy atom. The number of β-lactam (4-membered cyclic amide) rings is 1. The van der Waals surface area contributed by atoms with E-state index in [1.54, 1.807) is 7.11 Å². The van der Waals surface area contributed by atoms with E-state index >= 15 is 0 Å². The Balaban J connectivity index is 1.17. The highest BCUT2D eigenvalue weighted by Gasteiger charge is 2.50. The number of rotatable bonds is 13. The van der Waals surface area contributed by atoms with Crippen LogP contribution in [0.5, 0.6) is 5.75 Å². The molecule has 8 nitrogen and oxygen atoms in total. The lowest BCUT2D eigenvalue weighted by Crippen LogP contribution is -2.50. The van der Waals surface area contributed by atoms with E-state index in [-0.39, 0.29) is 30.6 Å². The van der Waals surface area contributed by atoms with Gasteiger partial charge in [-0.1, -0.05) is 85.0 Å². The van der Waals surface area contributed by atoms with Gasteiger partial charge in [-0.15, -0.1) is 5.10 Å². The molecule has 1 unspecified atom stereocenters. The number of hydrogen-bond donors (Lipinski definition) is 1. The topological polar surface area (TPSA) is 89.7 Å². The Morgan fingerprint density at radius 2 is 1.74 bits per heavy atom. The molecule has 0 aliphatic carbocycles. The van der Waals surface area contributed by atoms with E-state index in [1.165, 1.54) is 10.8 Å². The maximum absolute atomic E-state index is 11.9. The zero-order valence-electron chi connectivity index (χ0n) is 27.4. The van der Waals surface area contributed by atoms with Gasteiger partial charge in [0.1, 0.15) is 5.75 Å². The Morgan fingerprint density at radius 1 is 1.00 bits per heavy atom. The summed E-state index contributed by atoms with van der Waals surface area (Å²) in [5.74, 6) is 1.28. The van der Waals surface area contributed by atoms with Gasteiger partial charge in [-0.3, -0.25) is 9.48 Å². The van der Waals surface area contributed by atoms with Gasteiger partial charge >= 0.3 is 0 Å². The quantitative estimate of drug-likeness (QED) is 0.152. The Hall–Kier alpha value is -3.79. The molecule has 3 aromatic carbocycles. The first-order valence-electron chi connectivity index (χ1n) is 16.5. The number of anilines is 1. The molecule has 3 heterocycles. The second kappa shape index (κ2) is 13.9. The lowest BCUT2D eigenvalue weighted by atomic mass is 9.95. The van der Waals surface area contributed by atoms with Crippen molar-refractivity contribution in [2.24, 2.45) is 5.92 Å². The number of carbonyl (C=O) groups excluding carboxylic acids is 1. The van der Waals surface area contributed by atoms with Crippen LogP contribution >= 0.6 is 0 Å². The molecular weight excluding hydrogens is 593 g/mol. The third-order valence-electron chi connectivity index (χ3n) is 10.3. The molecule has 2 aliphatic rings. The SMILES string of the molecule is COc1ccc([Si](C)(C)[C@H]2[C@H](C)[C@H](CCc3ccc(N4CCC4=O)cc3)O[C@@H]2CCn2cc(C(CO)c3ccccc3)nn2)cc1. The molecule has 6 rings (SSSR count). The van der Waals surface area contributed by atoms with Crippen LogP contribution in [0.1, 0.15) is 48.9 Å². The number of methoxy groups -OCH3 is 1. The zero-order valence-corrected chi connectivity index (χ0v) is 28.4. The van der Waals surface area contributed by atoms with Gasteiger partial charge < -0.3 is 19.5 Å². The molecule has 46 heavy (non-hydrogen) atoms. The number of amides is 1. The molecule has 9 heteroatoms. The standard InChI is InChI=1S/C37H46N4O4Si/c1-26-34(19-12-27-10-13-29(14-11-27)41-23-21-36(41)43)45-35(37(26)46(3,4)31-17-15-30(44-2)16-18-31)20-22-40-24-33(38-39-40)32(25-42)28-8-6-5-7-9-28/h5-11,13-18,24,26,32,34-35,37,42H,12,19-23,25H2,1-4H3/t26-,32?,34+,35-,37+/m1/s1. The molecule has 0 spiro atoms. The van der Waals surface area contributed by atoms with E-state index in [2.05, 4.69) is 78.9 Å². The fraction of sp³-hybridized carbons (Fsp3) is 0.432. The van der Waals surface area contributed by atoms with Crippen molar-refractivity contribution in [1.82, 2.24) is 15.0 Å². The summed E-state index contributed by atoms with van der Waals surface area (Å²) in [5, 5.41) is 20.5. The second-order valence-corrected chi connectivity index (χ2v) is 18.1. The fourth-order valence-corrected chi connectivity index (χ4v) is 11.7. The second-order valence-electron chi connectivity index (χ2n) is 13.4. The minimum Gasteiger partial charge on any atom is -0.497 e. The van der Waals surface area contributed by atoms with Crippen LogP contribution in [0.4, 0.5) is 5.69 Å². The third kappa shape index (κ3) is 6.68. The number of benzene rings is 3. The van der Waals surface area contributed by atoms with Gasteiger partial charge in [0.15, 0.2) is 0 Å². The van der Waals surface area contributed by atoms with Crippen molar-refractivity contribution in [3.63, 3.8) is 0 Å². The number of aromatic nitrogens is 3. The first-order chi connectivity index (χ1) is 22.3. The maximum Gasteiger partial charge on any atom is 0.228 e. The lowest BCUT2D eigenvalue weighted by molar-refractivity contribution is -0.122. The fourth-order valence-electron chi connectivity index (χ4n) is 7.55. The highest BCUT2D eigenvalue weighted by atomic mass is 28.3. The van der Waals surface area contributed by atoms with Crippen LogP contribution in [0.3, 0.4) is 0 Å². The lowest BCUT2D eigenvalue weighted by Gasteiger charge is -2.36. The summed E-state index contributed by atoms with van der Waals surface area (Å²) in [7, 11) is -0.270. The number of hydrogen-bond acceptors (Lipinski definition) is 6. The number of ether oxygens (including phenoxy) is 2. The van der Waals surface area contributed by atoms with E-state index in [4.69, 9.17) is 9.47 Å². The Kier molecular flexibility index (Phi) is 9.72. The number of aliphatic hydroxyl groups excluding tert-OH is 1. The molecular formula is C37H46N4O4Si. The molecule has 2 fully saturated rings. The molecule has 1 N–H and O–H groups in total. The average Bonchev–Trinajstić information content (AvgIpc) is 3.67. The molecule has 5 atom stereocenters. The summed E-state index contributed by atoms with van der Waals surface area (Å²) in [6.45, 7) is 8.83. The normalized spacial score (nSPS) is 22.1. The van der Waals surface area contributed by atoms with Crippen LogP contribution in [0.2, 0.25) is 18.6 Å². The van der Waals surface area contributed by atoms with E-state index in [0.29, 0.717) is 24.4 Å². The van der Waals surface area contributed by atoms with Crippen LogP contribution < -0.4 is 14.8 Å². The van der Waals surface area contributed by atoms with E-state index in [9.17, 15) is 9.90 Å². The molecule has 0 saturated carbocycles. The van der Waals surface area contributed by atoms with Gasteiger partial charge in [0.25, 0.3) is 0 Å².